The molecule has 196 valence electrons. The predicted molar refractivity (Wildman–Crippen MR) is 139 cm³/mol. The summed E-state index contributed by atoms with van der Waals surface area (Å²) in [6.45, 7) is 14.5. The number of carbonyl (C=O) groups excluding carboxylic acids is 2. The molecule has 0 aliphatic carbocycles. The van der Waals surface area contributed by atoms with E-state index in [-0.39, 0.29) is 23.6 Å². The molecule has 1 amide bonds. The van der Waals surface area contributed by atoms with E-state index >= 15 is 0 Å². The minimum absolute atomic E-state index is 0.0484. The second-order valence-electron chi connectivity index (χ2n) is 9.83. The van der Waals surface area contributed by atoms with E-state index in [1.54, 1.807) is 12.1 Å². The van der Waals surface area contributed by atoms with Gasteiger partial charge in [0.2, 0.25) is 0 Å². The van der Waals surface area contributed by atoms with Gasteiger partial charge >= 0.3 is 5.97 Å². The lowest BCUT2D eigenvalue weighted by molar-refractivity contribution is -0.149. The van der Waals surface area contributed by atoms with Crippen LogP contribution in [0.15, 0.2) is 24.3 Å². The molecular weight excluding hydrogens is 459 g/mol. The van der Waals surface area contributed by atoms with Crippen molar-refractivity contribution >= 4 is 17.6 Å². The van der Waals surface area contributed by atoms with Gasteiger partial charge in [-0.2, -0.15) is 0 Å². The Kier molecular flexibility index (Phi) is 8.34. The Balaban J connectivity index is 1.64. The number of piperazine rings is 1. The SMILES string of the molecule is CCOC(=O)C1CCN(C(=O)c2c(C)c(N3CCN(CC)CC3)c(C)n2Cc2ccccc2F)CC1. The van der Waals surface area contributed by atoms with Crippen LogP contribution in [0.4, 0.5) is 10.1 Å². The number of hydrogen-bond acceptors (Lipinski definition) is 5. The van der Waals surface area contributed by atoms with Crippen LogP contribution >= 0.6 is 0 Å². The number of ether oxygens (including phenoxy) is 1. The first-order valence-corrected chi connectivity index (χ1v) is 13.2. The Bertz CT molecular complexity index is 1080. The van der Waals surface area contributed by atoms with E-state index in [0.29, 0.717) is 50.3 Å². The summed E-state index contributed by atoms with van der Waals surface area (Å²) < 4.78 is 21.8. The number of halogens is 1. The second-order valence-corrected chi connectivity index (χ2v) is 9.83. The predicted octanol–water partition coefficient (Wildman–Crippen LogP) is 3.85. The number of aromatic nitrogens is 1. The average Bonchev–Trinajstić information content (AvgIpc) is 3.14. The average molecular weight is 499 g/mol. The fourth-order valence-electron chi connectivity index (χ4n) is 5.63. The summed E-state index contributed by atoms with van der Waals surface area (Å²) in [6.07, 6.45) is 1.20. The highest BCUT2D eigenvalue weighted by molar-refractivity contribution is 5.97. The van der Waals surface area contributed by atoms with Gasteiger partial charge in [0.05, 0.1) is 24.8 Å². The first kappa shape index (κ1) is 26.2. The van der Waals surface area contributed by atoms with E-state index in [1.807, 2.05) is 36.3 Å². The van der Waals surface area contributed by atoms with E-state index in [4.69, 9.17) is 4.74 Å². The molecule has 2 aromatic rings. The summed E-state index contributed by atoms with van der Waals surface area (Å²) in [4.78, 5) is 32.8. The molecule has 0 atom stereocenters. The highest BCUT2D eigenvalue weighted by atomic mass is 19.1. The summed E-state index contributed by atoms with van der Waals surface area (Å²) in [7, 11) is 0. The highest BCUT2D eigenvalue weighted by Gasteiger charge is 2.33. The Morgan fingerprint density at radius 3 is 2.28 bits per heavy atom. The maximum atomic E-state index is 14.7. The van der Waals surface area contributed by atoms with Crippen molar-refractivity contribution in [2.24, 2.45) is 5.92 Å². The summed E-state index contributed by atoms with van der Waals surface area (Å²) in [5, 5.41) is 0. The van der Waals surface area contributed by atoms with Crippen molar-refractivity contribution in [3.05, 3.63) is 52.6 Å². The van der Waals surface area contributed by atoms with Crippen LogP contribution in [0, 0.1) is 25.6 Å². The smallest absolute Gasteiger partial charge is 0.309 e. The molecule has 8 heteroatoms. The Labute approximate surface area is 213 Å². The summed E-state index contributed by atoms with van der Waals surface area (Å²) in [5.74, 6) is -0.650. The fourth-order valence-corrected chi connectivity index (χ4v) is 5.63. The maximum absolute atomic E-state index is 14.7. The van der Waals surface area contributed by atoms with Crippen LogP contribution < -0.4 is 4.90 Å². The normalized spacial score (nSPS) is 17.5. The fraction of sp³-hybridized carbons (Fsp3) is 0.571. The lowest BCUT2D eigenvalue weighted by Gasteiger charge is -2.36. The highest BCUT2D eigenvalue weighted by Crippen LogP contribution is 2.34. The molecule has 2 saturated heterocycles. The minimum Gasteiger partial charge on any atom is -0.466 e. The molecule has 0 saturated carbocycles. The Morgan fingerprint density at radius 1 is 1.00 bits per heavy atom. The van der Waals surface area contributed by atoms with Crippen LogP contribution in [-0.4, -0.2) is 78.7 Å². The van der Waals surface area contributed by atoms with Crippen LogP contribution in [0.1, 0.15) is 54.0 Å². The van der Waals surface area contributed by atoms with Crippen molar-refractivity contribution in [3.63, 3.8) is 0 Å². The van der Waals surface area contributed by atoms with Gasteiger partial charge in [-0.3, -0.25) is 9.59 Å². The number of anilines is 1. The van der Waals surface area contributed by atoms with Crippen LogP contribution in [0.2, 0.25) is 0 Å². The molecule has 2 aliphatic rings. The molecule has 0 unspecified atom stereocenters. The van der Waals surface area contributed by atoms with Gasteiger partial charge in [0.15, 0.2) is 0 Å². The third-order valence-corrected chi connectivity index (χ3v) is 7.75. The zero-order chi connectivity index (χ0) is 25.8. The molecule has 3 heterocycles. The molecule has 0 spiro atoms. The number of hydrogen-bond donors (Lipinski definition) is 0. The largest absolute Gasteiger partial charge is 0.466 e. The van der Waals surface area contributed by atoms with Crippen molar-refractivity contribution in [2.45, 2.75) is 47.1 Å². The van der Waals surface area contributed by atoms with Crippen molar-refractivity contribution in [1.29, 1.82) is 0 Å². The van der Waals surface area contributed by atoms with Crippen molar-refractivity contribution in [3.8, 4) is 0 Å². The number of likely N-dealkylation sites (tertiary alicyclic amines) is 1. The summed E-state index contributed by atoms with van der Waals surface area (Å²) in [5.41, 5.74) is 4.22. The zero-order valence-corrected chi connectivity index (χ0v) is 22.1. The van der Waals surface area contributed by atoms with E-state index in [0.717, 1.165) is 49.7 Å². The van der Waals surface area contributed by atoms with E-state index in [9.17, 15) is 14.0 Å². The van der Waals surface area contributed by atoms with Crippen molar-refractivity contribution in [1.82, 2.24) is 14.4 Å². The summed E-state index contributed by atoms with van der Waals surface area (Å²) in [6, 6.07) is 6.76. The van der Waals surface area contributed by atoms with Crippen molar-refractivity contribution < 1.29 is 18.7 Å². The number of nitrogens with zero attached hydrogens (tertiary/aromatic N) is 4. The van der Waals surface area contributed by atoms with Crippen LogP contribution in [0.3, 0.4) is 0 Å². The molecule has 0 N–H and O–H groups in total. The van der Waals surface area contributed by atoms with E-state index in [1.165, 1.54) is 6.07 Å². The number of likely N-dealkylation sites (N-methyl/N-ethyl adjacent to an activating group) is 1. The molecule has 1 aromatic heterocycles. The number of carbonyl (C=O) groups is 2. The van der Waals surface area contributed by atoms with E-state index in [2.05, 4.69) is 16.7 Å². The van der Waals surface area contributed by atoms with Crippen LogP contribution in [0.25, 0.3) is 0 Å². The second kappa shape index (κ2) is 11.5. The molecule has 2 aliphatic heterocycles. The quantitative estimate of drug-likeness (QED) is 0.543. The van der Waals surface area contributed by atoms with Gasteiger partial charge in [0.25, 0.3) is 5.91 Å². The van der Waals surface area contributed by atoms with Gasteiger partial charge in [-0.1, -0.05) is 25.1 Å². The standard InChI is InChI=1S/C28H39FN4O3/c1-5-30-15-17-31(18-16-30)25-20(3)26(33(21(25)4)19-23-9-7-8-10-24(23)29)27(34)32-13-11-22(12-14-32)28(35)36-6-2/h7-10,22H,5-6,11-19H2,1-4H3. The zero-order valence-electron chi connectivity index (χ0n) is 22.1. The monoisotopic (exact) mass is 498 g/mol. The first-order chi connectivity index (χ1) is 17.3. The third kappa shape index (κ3) is 5.28. The van der Waals surface area contributed by atoms with Crippen LogP contribution in [-0.2, 0) is 16.1 Å². The Morgan fingerprint density at radius 2 is 1.67 bits per heavy atom. The molecule has 0 radical (unpaired) electrons. The maximum Gasteiger partial charge on any atom is 0.309 e. The van der Waals surface area contributed by atoms with Crippen molar-refractivity contribution in [2.75, 3.05) is 57.3 Å². The number of esters is 1. The van der Waals surface area contributed by atoms with Gasteiger partial charge in [-0.05, 0) is 46.2 Å². The molecular formula is C28H39FN4O3. The van der Waals surface area contributed by atoms with Crippen LogP contribution in [0.5, 0.6) is 0 Å². The molecule has 0 bridgehead atoms. The number of rotatable bonds is 7. The van der Waals surface area contributed by atoms with Gasteiger partial charge in [0, 0.05) is 56.1 Å². The third-order valence-electron chi connectivity index (χ3n) is 7.75. The number of amides is 1. The Hall–Kier alpha value is -2.87. The topological polar surface area (TPSA) is 58.0 Å². The number of piperidine rings is 1. The lowest BCUT2D eigenvalue weighted by Crippen LogP contribution is -2.46. The molecule has 2 fully saturated rings. The summed E-state index contributed by atoms with van der Waals surface area (Å²) >= 11 is 0. The molecule has 1 aromatic carbocycles. The van der Waals surface area contributed by atoms with Gasteiger partial charge < -0.3 is 24.0 Å². The molecule has 7 nitrogen and oxygen atoms in total. The molecule has 36 heavy (non-hydrogen) atoms. The number of benzene rings is 1. The molecule has 4 rings (SSSR count). The lowest BCUT2D eigenvalue weighted by atomic mass is 9.96. The van der Waals surface area contributed by atoms with E-state index < -0.39 is 0 Å². The van der Waals surface area contributed by atoms with Gasteiger partial charge in [-0.15, -0.1) is 0 Å². The van der Waals surface area contributed by atoms with Gasteiger partial charge in [0.1, 0.15) is 11.5 Å². The minimum atomic E-state index is -0.269. The first-order valence-electron chi connectivity index (χ1n) is 13.2. The van der Waals surface area contributed by atoms with Gasteiger partial charge in [-0.25, -0.2) is 4.39 Å².